The van der Waals surface area contributed by atoms with Gasteiger partial charge >= 0.3 is 0 Å². The van der Waals surface area contributed by atoms with Crippen LogP contribution < -0.4 is 10.6 Å². The van der Waals surface area contributed by atoms with Crippen molar-refractivity contribution in [2.45, 2.75) is 6.92 Å². The third-order valence-electron chi connectivity index (χ3n) is 2.35. The van der Waals surface area contributed by atoms with Gasteiger partial charge in [-0.25, -0.2) is 14.6 Å². The number of hydrogen-bond acceptors (Lipinski definition) is 5. The van der Waals surface area contributed by atoms with Crippen LogP contribution in [0.5, 0.6) is 0 Å². The van der Waals surface area contributed by atoms with Gasteiger partial charge in [-0.2, -0.15) is 5.10 Å². The van der Waals surface area contributed by atoms with E-state index < -0.39 is 0 Å². The van der Waals surface area contributed by atoms with E-state index in [1.807, 2.05) is 0 Å². The molecular weight excluding hydrogens is 220 g/mol. The van der Waals surface area contributed by atoms with E-state index >= 15 is 0 Å². The van der Waals surface area contributed by atoms with Crippen molar-refractivity contribution in [3.63, 3.8) is 0 Å². The normalized spacial score (nSPS) is 10.2. The van der Waals surface area contributed by atoms with E-state index in [0.29, 0.717) is 11.4 Å². The van der Waals surface area contributed by atoms with Gasteiger partial charge in [-0.05, 0) is 0 Å². The summed E-state index contributed by atoms with van der Waals surface area (Å²) in [5, 5.41) is 4.12. The SMILES string of the molecule is CC(=O)N(C)c1cnn(-c2cnc(N)nc2)c1. The van der Waals surface area contributed by atoms with Crippen molar-refractivity contribution in [2.24, 2.45) is 0 Å². The van der Waals surface area contributed by atoms with E-state index in [-0.39, 0.29) is 11.9 Å². The summed E-state index contributed by atoms with van der Waals surface area (Å²) in [7, 11) is 1.68. The fourth-order valence-corrected chi connectivity index (χ4v) is 1.26. The molecular formula is C10H12N6O. The maximum Gasteiger partial charge on any atom is 0.223 e. The van der Waals surface area contributed by atoms with Crippen LogP contribution in [0.25, 0.3) is 5.69 Å². The number of carbonyl (C=O) groups excluding carboxylic acids is 1. The average Bonchev–Trinajstić information content (AvgIpc) is 2.78. The molecule has 0 aliphatic rings. The van der Waals surface area contributed by atoms with Gasteiger partial charge in [0, 0.05) is 14.0 Å². The Morgan fingerprint density at radius 2 is 2.00 bits per heavy atom. The van der Waals surface area contributed by atoms with Gasteiger partial charge in [0.2, 0.25) is 11.9 Å². The molecule has 0 spiro atoms. The van der Waals surface area contributed by atoms with E-state index in [2.05, 4.69) is 15.1 Å². The van der Waals surface area contributed by atoms with Gasteiger partial charge in [0.1, 0.15) is 5.69 Å². The van der Waals surface area contributed by atoms with Crippen molar-refractivity contribution in [1.29, 1.82) is 0 Å². The van der Waals surface area contributed by atoms with Gasteiger partial charge < -0.3 is 10.6 Å². The van der Waals surface area contributed by atoms with Gasteiger partial charge in [-0.3, -0.25) is 4.79 Å². The summed E-state index contributed by atoms with van der Waals surface area (Å²) in [5.74, 6) is 0.153. The van der Waals surface area contributed by atoms with Crippen LogP contribution in [0.2, 0.25) is 0 Å². The Hall–Kier alpha value is -2.44. The second kappa shape index (κ2) is 4.20. The monoisotopic (exact) mass is 232 g/mol. The molecule has 2 N–H and O–H groups in total. The molecule has 0 radical (unpaired) electrons. The van der Waals surface area contributed by atoms with Gasteiger partial charge in [0.15, 0.2) is 0 Å². The number of hydrogen-bond donors (Lipinski definition) is 1. The fraction of sp³-hybridized carbons (Fsp3) is 0.200. The van der Waals surface area contributed by atoms with Gasteiger partial charge in [-0.1, -0.05) is 0 Å². The minimum Gasteiger partial charge on any atom is -0.368 e. The highest BCUT2D eigenvalue weighted by atomic mass is 16.2. The summed E-state index contributed by atoms with van der Waals surface area (Å²) >= 11 is 0. The Morgan fingerprint density at radius 1 is 1.35 bits per heavy atom. The van der Waals surface area contributed by atoms with E-state index in [9.17, 15) is 4.79 Å². The Kier molecular flexibility index (Phi) is 2.73. The molecule has 0 unspecified atom stereocenters. The summed E-state index contributed by atoms with van der Waals surface area (Å²) < 4.78 is 1.58. The maximum atomic E-state index is 11.2. The van der Waals surface area contributed by atoms with Crippen molar-refractivity contribution in [2.75, 3.05) is 17.7 Å². The Labute approximate surface area is 97.9 Å². The molecule has 0 saturated heterocycles. The Bertz CT molecular complexity index is 532. The molecule has 0 atom stereocenters. The quantitative estimate of drug-likeness (QED) is 0.800. The first-order chi connectivity index (χ1) is 8.08. The molecule has 2 aromatic heterocycles. The van der Waals surface area contributed by atoms with Crippen molar-refractivity contribution in [3.05, 3.63) is 24.8 Å². The highest BCUT2D eigenvalue weighted by molar-refractivity contribution is 5.90. The lowest BCUT2D eigenvalue weighted by molar-refractivity contribution is -0.116. The topological polar surface area (TPSA) is 89.9 Å². The van der Waals surface area contributed by atoms with Crippen LogP contribution >= 0.6 is 0 Å². The molecule has 2 heterocycles. The molecule has 2 rings (SSSR count). The summed E-state index contributed by atoms with van der Waals surface area (Å²) in [6, 6.07) is 0. The predicted molar refractivity (Wildman–Crippen MR) is 62.7 cm³/mol. The summed E-state index contributed by atoms with van der Waals surface area (Å²) in [5.41, 5.74) is 6.78. The second-order valence-electron chi connectivity index (χ2n) is 3.52. The van der Waals surface area contributed by atoms with E-state index in [1.54, 1.807) is 36.5 Å². The summed E-state index contributed by atoms with van der Waals surface area (Å²) in [6.45, 7) is 1.49. The van der Waals surface area contributed by atoms with E-state index in [4.69, 9.17) is 5.73 Å². The Morgan fingerprint density at radius 3 is 2.59 bits per heavy atom. The lowest BCUT2D eigenvalue weighted by Gasteiger charge is -2.10. The van der Waals surface area contributed by atoms with Crippen LogP contribution in [-0.4, -0.2) is 32.7 Å². The molecule has 0 aliphatic heterocycles. The number of nitrogens with zero attached hydrogens (tertiary/aromatic N) is 5. The lowest BCUT2D eigenvalue weighted by Crippen LogP contribution is -2.22. The average molecular weight is 232 g/mol. The van der Waals surface area contributed by atoms with Gasteiger partial charge in [0.05, 0.1) is 30.5 Å². The first-order valence-corrected chi connectivity index (χ1v) is 4.95. The van der Waals surface area contributed by atoms with Crippen LogP contribution in [0.4, 0.5) is 11.6 Å². The maximum absolute atomic E-state index is 11.2. The molecule has 0 aliphatic carbocycles. The van der Waals surface area contributed by atoms with E-state index in [1.165, 1.54) is 11.8 Å². The van der Waals surface area contributed by atoms with Crippen LogP contribution in [0, 0.1) is 0 Å². The minimum absolute atomic E-state index is 0.0573. The van der Waals surface area contributed by atoms with Crippen molar-refractivity contribution in [3.8, 4) is 5.69 Å². The van der Waals surface area contributed by atoms with Crippen molar-refractivity contribution in [1.82, 2.24) is 19.7 Å². The van der Waals surface area contributed by atoms with Crippen LogP contribution in [0.15, 0.2) is 24.8 Å². The number of nitrogen functional groups attached to an aromatic ring is 1. The third kappa shape index (κ3) is 2.22. The number of nitrogens with two attached hydrogens (primary N) is 1. The van der Waals surface area contributed by atoms with Gasteiger partial charge in [0.25, 0.3) is 0 Å². The molecule has 1 amide bonds. The zero-order valence-corrected chi connectivity index (χ0v) is 9.53. The minimum atomic E-state index is -0.0573. The molecule has 0 aromatic carbocycles. The highest BCUT2D eigenvalue weighted by Gasteiger charge is 2.08. The predicted octanol–water partition coefficient (Wildman–Crippen LogP) is 0.227. The van der Waals surface area contributed by atoms with Crippen molar-refractivity contribution >= 4 is 17.5 Å². The molecule has 17 heavy (non-hydrogen) atoms. The highest BCUT2D eigenvalue weighted by Crippen LogP contribution is 2.14. The zero-order valence-electron chi connectivity index (χ0n) is 9.53. The first-order valence-electron chi connectivity index (χ1n) is 4.95. The molecule has 0 saturated carbocycles. The first kappa shape index (κ1) is 11.1. The molecule has 2 aromatic rings. The smallest absolute Gasteiger partial charge is 0.223 e. The van der Waals surface area contributed by atoms with E-state index in [0.717, 1.165) is 0 Å². The number of rotatable bonds is 2. The molecule has 0 bridgehead atoms. The van der Waals surface area contributed by atoms with Crippen LogP contribution in [-0.2, 0) is 4.79 Å². The summed E-state index contributed by atoms with van der Waals surface area (Å²) in [4.78, 5) is 20.4. The number of aromatic nitrogens is 4. The standard InChI is InChI=1S/C10H12N6O/c1-7(17)15(2)9-5-14-16(6-9)8-3-12-10(11)13-4-8/h3-6H,1-2H3,(H2,11,12,13). The molecule has 7 heteroatoms. The van der Waals surface area contributed by atoms with Gasteiger partial charge in [-0.15, -0.1) is 0 Å². The fourth-order valence-electron chi connectivity index (χ4n) is 1.26. The molecule has 7 nitrogen and oxygen atoms in total. The Balaban J connectivity index is 2.29. The largest absolute Gasteiger partial charge is 0.368 e. The van der Waals surface area contributed by atoms with Crippen LogP contribution in [0.3, 0.4) is 0 Å². The second-order valence-corrected chi connectivity index (χ2v) is 3.52. The zero-order chi connectivity index (χ0) is 12.4. The van der Waals surface area contributed by atoms with Crippen LogP contribution in [0.1, 0.15) is 6.92 Å². The molecule has 88 valence electrons. The number of carbonyl (C=O) groups is 1. The van der Waals surface area contributed by atoms with Crippen molar-refractivity contribution < 1.29 is 4.79 Å². The molecule has 0 fully saturated rings. The lowest BCUT2D eigenvalue weighted by atomic mass is 10.4. The number of anilines is 2. The number of amides is 1. The third-order valence-corrected chi connectivity index (χ3v) is 2.35. The summed E-state index contributed by atoms with van der Waals surface area (Å²) in [6.07, 6.45) is 6.44.